The normalized spacial score (nSPS) is 21.5. The van der Waals surface area contributed by atoms with Crippen LogP contribution in [0.1, 0.15) is 79.1 Å². The van der Waals surface area contributed by atoms with Gasteiger partial charge in [-0.2, -0.15) is 0 Å². The molecule has 0 spiro atoms. The lowest BCUT2D eigenvalue weighted by atomic mass is 10.1. The summed E-state index contributed by atoms with van der Waals surface area (Å²) >= 11 is 0. The smallest absolute Gasteiger partial charge is 0.414 e. The molecule has 1 heterocycles. The van der Waals surface area contributed by atoms with Gasteiger partial charge in [0, 0.05) is 6.42 Å². The van der Waals surface area contributed by atoms with Crippen LogP contribution in [-0.4, -0.2) is 42.2 Å². The van der Waals surface area contributed by atoms with Crippen molar-refractivity contribution >= 4 is 23.9 Å². The lowest BCUT2D eigenvalue weighted by Crippen LogP contribution is -2.46. The molecule has 0 aliphatic carbocycles. The molecule has 1 unspecified atom stereocenters. The number of alkyl carbamates (subject to hydrolysis) is 1. The highest BCUT2D eigenvalue weighted by atomic mass is 16.6. The van der Waals surface area contributed by atoms with Crippen molar-refractivity contribution in [3.63, 3.8) is 0 Å². The number of hydrogen-bond donors (Lipinski definition) is 2. The maximum absolute atomic E-state index is 12.1. The Labute approximate surface area is 161 Å². The predicted octanol–water partition coefficient (Wildman–Crippen LogP) is 3.05. The van der Waals surface area contributed by atoms with Gasteiger partial charge < -0.3 is 9.47 Å². The minimum atomic E-state index is -0.752. The van der Waals surface area contributed by atoms with Gasteiger partial charge in [-0.1, -0.05) is 25.7 Å². The zero-order valence-corrected chi connectivity index (χ0v) is 16.9. The minimum absolute atomic E-state index is 0.106. The van der Waals surface area contributed by atoms with E-state index in [0.29, 0.717) is 6.42 Å². The molecule has 1 aliphatic rings. The second kappa shape index (κ2) is 11.6. The summed E-state index contributed by atoms with van der Waals surface area (Å²) in [6, 6.07) is 0. The molecule has 8 heteroatoms. The van der Waals surface area contributed by atoms with Crippen molar-refractivity contribution in [2.75, 3.05) is 6.54 Å². The van der Waals surface area contributed by atoms with E-state index in [1.54, 1.807) is 20.8 Å². The van der Waals surface area contributed by atoms with Crippen LogP contribution in [0.15, 0.2) is 4.99 Å². The molecule has 2 N–H and O–H groups in total. The number of carbonyl (C=O) groups is 3. The predicted molar refractivity (Wildman–Crippen MR) is 102 cm³/mol. The molecule has 2 amide bonds. The van der Waals surface area contributed by atoms with Crippen LogP contribution in [-0.2, 0) is 19.1 Å². The summed E-state index contributed by atoms with van der Waals surface area (Å²) in [5.41, 5.74) is -0.693. The van der Waals surface area contributed by atoms with Gasteiger partial charge in [0.2, 0.25) is 11.9 Å². The van der Waals surface area contributed by atoms with Gasteiger partial charge in [-0.3, -0.25) is 20.2 Å². The Kier molecular flexibility index (Phi) is 9.82. The van der Waals surface area contributed by atoms with E-state index < -0.39 is 17.7 Å². The van der Waals surface area contributed by atoms with Gasteiger partial charge in [-0.05, 0) is 47.0 Å². The van der Waals surface area contributed by atoms with Crippen LogP contribution in [0.2, 0.25) is 0 Å². The molecule has 154 valence electrons. The quantitative estimate of drug-likeness (QED) is 0.625. The second-order valence-corrected chi connectivity index (χ2v) is 7.80. The highest BCUT2D eigenvalue weighted by molar-refractivity contribution is 6.03. The molecule has 0 aromatic rings. The first-order chi connectivity index (χ1) is 12.7. The van der Waals surface area contributed by atoms with Gasteiger partial charge in [0.15, 0.2) is 0 Å². The van der Waals surface area contributed by atoms with E-state index in [-0.39, 0.29) is 24.5 Å². The number of carbonyl (C=O) groups excluding carboxylic acids is 3. The molecule has 0 saturated heterocycles. The van der Waals surface area contributed by atoms with E-state index in [1.807, 2.05) is 6.92 Å². The van der Waals surface area contributed by atoms with Crippen LogP contribution in [0.3, 0.4) is 0 Å². The maximum atomic E-state index is 12.1. The van der Waals surface area contributed by atoms with Gasteiger partial charge in [0.25, 0.3) is 0 Å². The Morgan fingerprint density at radius 3 is 2.44 bits per heavy atom. The summed E-state index contributed by atoms with van der Waals surface area (Å²) in [5, 5.41) is 4.93. The summed E-state index contributed by atoms with van der Waals surface area (Å²) in [7, 11) is 0. The Balaban J connectivity index is 2.77. The van der Waals surface area contributed by atoms with Gasteiger partial charge in [0.1, 0.15) is 12.1 Å². The average Bonchev–Trinajstić information content (AvgIpc) is 2.52. The van der Waals surface area contributed by atoms with E-state index in [1.165, 1.54) is 0 Å². The van der Waals surface area contributed by atoms with Gasteiger partial charge >= 0.3 is 12.1 Å². The summed E-state index contributed by atoms with van der Waals surface area (Å²) in [6.45, 7) is 6.74. The highest BCUT2D eigenvalue weighted by Gasteiger charge is 2.19. The SMILES string of the molecule is CC1CCCCCCCCC(=O)NC(NC(=O)OC(C)(C)C)=NCC(=O)O1. The van der Waals surface area contributed by atoms with Crippen molar-refractivity contribution < 1.29 is 23.9 Å². The molecule has 27 heavy (non-hydrogen) atoms. The number of esters is 1. The summed E-state index contributed by atoms with van der Waals surface area (Å²) in [6.07, 6.45) is 6.22. The first-order valence-electron chi connectivity index (χ1n) is 9.69. The highest BCUT2D eigenvalue weighted by Crippen LogP contribution is 2.12. The van der Waals surface area contributed by atoms with Crippen molar-refractivity contribution in [2.45, 2.75) is 90.8 Å². The molecule has 1 rings (SSSR count). The van der Waals surface area contributed by atoms with Crippen molar-refractivity contribution in [3.05, 3.63) is 0 Å². The summed E-state index contributed by atoms with van der Waals surface area (Å²) < 4.78 is 10.5. The number of ether oxygens (including phenoxy) is 2. The molecule has 8 nitrogen and oxygen atoms in total. The van der Waals surface area contributed by atoms with E-state index in [9.17, 15) is 14.4 Å². The summed E-state index contributed by atoms with van der Waals surface area (Å²) in [4.78, 5) is 40.0. The number of rotatable bonds is 0. The number of cyclic esters (lactones) is 1. The van der Waals surface area contributed by atoms with Crippen molar-refractivity contribution in [1.82, 2.24) is 10.6 Å². The fourth-order valence-corrected chi connectivity index (χ4v) is 2.59. The minimum Gasteiger partial charge on any atom is -0.461 e. The van der Waals surface area contributed by atoms with Crippen LogP contribution in [0, 0.1) is 0 Å². The largest absolute Gasteiger partial charge is 0.461 e. The van der Waals surface area contributed by atoms with Gasteiger partial charge in [-0.25, -0.2) is 9.79 Å². The van der Waals surface area contributed by atoms with E-state index >= 15 is 0 Å². The number of guanidine groups is 1. The van der Waals surface area contributed by atoms with Gasteiger partial charge in [-0.15, -0.1) is 0 Å². The molecule has 0 fully saturated rings. The fraction of sp³-hybridized carbons (Fsp3) is 0.789. The zero-order chi connectivity index (χ0) is 20.3. The second-order valence-electron chi connectivity index (χ2n) is 7.80. The fourth-order valence-electron chi connectivity index (χ4n) is 2.59. The summed E-state index contributed by atoms with van der Waals surface area (Å²) in [5.74, 6) is -0.878. The molecular formula is C19H33N3O5. The molecule has 1 aliphatic heterocycles. The Bertz CT molecular complexity index is 540. The van der Waals surface area contributed by atoms with Crippen LogP contribution in [0.25, 0.3) is 0 Å². The van der Waals surface area contributed by atoms with Crippen molar-refractivity contribution in [3.8, 4) is 0 Å². The standard InChI is InChI=1S/C19H33N3O5/c1-14-11-9-7-5-6-8-10-12-15(23)21-17(20-13-16(24)26-14)22-18(25)27-19(2,3)4/h14H,5-13H2,1-4H3,(H2,20,21,22,23,25). The van der Waals surface area contributed by atoms with Crippen molar-refractivity contribution in [1.29, 1.82) is 0 Å². The van der Waals surface area contributed by atoms with Crippen LogP contribution in [0.4, 0.5) is 4.79 Å². The van der Waals surface area contributed by atoms with E-state index in [2.05, 4.69) is 15.6 Å². The molecule has 1 atom stereocenters. The lowest BCUT2D eigenvalue weighted by molar-refractivity contribution is -0.146. The number of hydrogen-bond acceptors (Lipinski definition) is 6. The Hall–Kier alpha value is -2.12. The van der Waals surface area contributed by atoms with E-state index in [0.717, 1.165) is 44.9 Å². The monoisotopic (exact) mass is 383 g/mol. The number of nitrogens with one attached hydrogen (secondary N) is 2. The lowest BCUT2D eigenvalue weighted by Gasteiger charge is -2.20. The maximum Gasteiger partial charge on any atom is 0.414 e. The average molecular weight is 383 g/mol. The van der Waals surface area contributed by atoms with Gasteiger partial charge in [0.05, 0.1) is 6.10 Å². The molecular weight excluding hydrogens is 350 g/mol. The van der Waals surface area contributed by atoms with Crippen molar-refractivity contribution in [2.24, 2.45) is 4.99 Å². The number of amides is 2. The molecule has 0 bridgehead atoms. The molecule has 0 radical (unpaired) electrons. The number of nitrogens with zero attached hydrogens (tertiary/aromatic N) is 1. The zero-order valence-electron chi connectivity index (χ0n) is 16.9. The van der Waals surface area contributed by atoms with E-state index in [4.69, 9.17) is 9.47 Å². The van der Waals surface area contributed by atoms with Crippen LogP contribution in [0.5, 0.6) is 0 Å². The first-order valence-corrected chi connectivity index (χ1v) is 9.69. The molecule has 0 aromatic carbocycles. The first kappa shape index (κ1) is 22.9. The topological polar surface area (TPSA) is 106 Å². The third-order valence-corrected chi connectivity index (χ3v) is 3.84. The number of aliphatic imine (C=N–C) groups is 1. The third kappa shape index (κ3) is 12.0. The van der Waals surface area contributed by atoms with Crippen LogP contribution < -0.4 is 10.6 Å². The Morgan fingerprint density at radius 2 is 1.78 bits per heavy atom. The molecule has 0 saturated carbocycles. The molecule has 0 aromatic heterocycles. The Morgan fingerprint density at radius 1 is 1.15 bits per heavy atom. The van der Waals surface area contributed by atoms with Crippen LogP contribution >= 0.6 is 0 Å². The third-order valence-electron chi connectivity index (χ3n) is 3.84.